The maximum Gasteiger partial charge on any atom is 0.252 e. The molecule has 13 rings (SSSR count). The summed E-state index contributed by atoms with van der Waals surface area (Å²) in [4.78, 5) is 8.45. The molecule has 0 bridgehead atoms. The van der Waals surface area contributed by atoms with Crippen LogP contribution in [-0.4, -0.2) is 17.8 Å². The number of nitrogens with zero attached hydrogens (tertiary/aromatic N) is 3. The second-order valence-corrected chi connectivity index (χ2v) is 23.6. The molecule has 4 atom stereocenters. The first kappa shape index (κ1) is 39.2. The van der Waals surface area contributed by atoms with Gasteiger partial charge in [0.25, 0.3) is 6.71 Å². The number of hydrogen-bond acceptors (Lipinski definition) is 3. The molecule has 0 radical (unpaired) electrons. The lowest BCUT2D eigenvalue weighted by atomic mass is 9.33. The quantitative estimate of drug-likeness (QED) is 0.161. The predicted octanol–water partition coefficient (Wildman–Crippen LogP) is 13.7. The van der Waals surface area contributed by atoms with Crippen LogP contribution >= 0.6 is 0 Å². The molecule has 2 saturated carbocycles. The Labute approximate surface area is 383 Å². The summed E-state index contributed by atoms with van der Waals surface area (Å²) in [6.45, 7) is 24.9. The smallest absolute Gasteiger partial charge is 0.252 e. The molecule has 4 heteroatoms. The fourth-order valence-corrected chi connectivity index (χ4v) is 15.4. The van der Waals surface area contributed by atoms with Crippen molar-refractivity contribution in [2.45, 2.75) is 153 Å². The Balaban J connectivity index is 1.11. The normalized spacial score (nSPS) is 27.3. The summed E-state index contributed by atoms with van der Waals surface area (Å²) < 4.78 is 0. The van der Waals surface area contributed by atoms with E-state index in [0.29, 0.717) is 0 Å². The van der Waals surface area contributed by atoms with Gasteiger partial charge < -0.3 is 14.7 Å². The number of fused-ring (bicyclic) bond motifs is 13. The monoisotopic (exact) mass is 838 g/mol. The van der Waals surface area contributed by atoms with E-state index in [0.717, 1.165) is 0 Å². The number of hydrogen-bond donors (Lipinski definition) is 0. The van der Waals surface area contributed by atoms with E-state index in [1.54, 1.807) is 11.1 Å². The molecule has 2 fully saturated rings. The third-order valence-corrected chi connectivity index (χ3v) is 19.1. The van der Waals surface area contributed by atoms with Crippen molar-refractivity contribution in [1.29, 1.82) is 0 Å². The Morgan fingerprint density at radius 2 is 1.17 bits per heavy atom. The van der Waals surface area contributed by atoms with Gasteiger partial charge in [-0.3, -0.25) is 0 Å². The van der Waals surface area contributed by atoms with Gasteiger partial charge in [-0.15, -0.1) is 0 Å². The van der Waals surface area contributed by atoms with E-state index in [2.05, 4.69) is 193 Å². The molecule has 3 nitrogen and oxygen atoms in total. The molecule has 64 heavy (non-hydrogen) atoms. The van der Waals surface area contributed by atoms with Crippen molar-refractivity contribution in [2.75, 3.05) is 14.7 Å². The number of aryl methyl sites for hydroxylation is 1. The highest BCUT2D eigenvalue weighted by atomic mass is 15.3. The molecule has 3 aliphatic carbocycles. The SMILES string of the molecule is Cc1cc2c3c(c1)N1c4c(cccc4C4(C)CCCCC14C)B3c1ccc(N3c4ccc(C(C)(C)C)cc4C4(C)CCCCC34C)cc1N2c1cccc2c1C(C)(C)c1ccccc1-2. The van der Waals surface area contributed by atoms with E-state index in [4.69, 9.17) is 0 Å². The molecular weight excluding hydrogens is 773 g/mol. The lowest BCUT2D eigenvalue weighted by molar-refractivity contribution is 0.195. The van der Waals surface area contributed by atoms with Crippen molar-refractivity contribution >= 4 is 62.9 Å². The molecule has 7 aliphatic rings. The Morgan fingerprint density at radius 1 is 0.516 bits per heavy atom. The van der Waals surface area contributed by atoms with Crippen LogP contribution in [-0.2, 0) is 21.7 Å². The highest BCUT2D eigenvalue weighted by Gasteiger charge is 2.62. The van der Waals surface area contributed by atoms with Crippen molar-refractivity contribution in [3.63, 3.8) is 0 Å². The number of rotatable bonds is 2. The highest BCUT2D eigenvalue weighted by Crippen LogP contribution is 2.64. The fraction of sp³-hybridized carbons (Fsp3) is 0.400. The molecule has 4 heterocycles. The van der Waals surface area contributed by atoms with Gasteiger partial charge in [0.05, 0.1) is 16.8 Å². The van der Waals surface area contributed by atoms with Gasteiger partial charge in [0, 0.05) is 50.4 Å². The molecular formula is C60H64BN3. The minimum Gasteiger partial charge on any atom is -0.335 e. The van der Waals surface area contributed by atoms with Gasteiger partial charge in [0.15, 0.2) is 0 Å². The Morgan fingerprint density at radius 3 is 1.94 bits per heavy atom. The summed E-state index contributed by atoms with van der Waals surface area (Å²) >= 11 is 0. The summed E-state index contributed by atoms with van der Waals surface area (Å²) in [7, 11) is 0. The third kappa shape index (κ3) is 4.52. The zero-order chi connectivity index (χ0) is 44.1. The van der Waals surface area contributed by atoms with Crippen LogP contribution in [0.15, 0.2) is 109 Å². The van der Waals surface area contributed by atoms with E-state index in [1.807, 2.05) is 0 Å². The first-order valence-electron chi connectivity index (χ1n) is 24.7. The van der Waals surface area contributed by atoms with Crippen LogP contribution in [0, 0.1) is 6.92 Å². The molecule has 0 aromatic heterocycles. The summed E-state index contributed by atoms with van der Waals surface area (Å²) in [5.41, 5.74) is 25.5. The Bertz CT molecular complexity index is 3040. The molecule has 0 spiro atoms. The van der Waals surface area contributed by atoms with E-state index >= 15 is 0 Å². The van der Waals surface area contributed by atoms with Gasteiger partial charge in [0.2, 0.25) is 0 Å². The predicted molar refractivity (Wildman–Crippen MR) is 272 cm³/mol. The largest absolute Gasteiger partial charge is 0.335 e. The highest BCUT2D eigenvalue weighted by molar-refractivity contribution is 7.00. The van der Waals surface area contributed by atoms with Crippen molar-refractivity contribution in [1.82, 2.24) is 0 Å². The third-order valence-electron chi connectivity index (χ3n) is 19.1. The molecule has 4 aliphatic heterocycles. The van der Waals surface area contributed by atoms with Crippen LogP contribution in [0.2, 0.25) is 0 Å². The molecule has 0 amide bonds. The summed E-state index contributed by atoms with van der Waals surface area (Å²) in [6, 6.07) is 44.1. The van der Waals surface area contributed by atoms with Gasteiger partial charge >= 0.3 is 0 Å². The zero-order valence-electron chi connectivity index (χ0n) is 40.0. The van der Waals surface area contributed by atoms with Crippen molar-refractivity contribution in [3.8, 4) is 11.1 Å². The molecule has 6 aromatic rings. The average Bonchev–Trinajstić information content (AvgIpc) is 3.73. The Hall–Kier alpha value is -5.22. The van der Waals surface area contributed by atoms with Gasteiger partial charge in [-0.2, -0.15) is 0 Å². The van der Waals surface area contributed by atoms with E-state index < -0.39 is 0 Å². The van der Waals surface area contributed by atoms with Crippen LogP contribution in [0.4, 0.5) is 39.8 Å². The molecule has 322 valence electrons. The lowest BCUT2D eigenvalue weighted by Gasteiger charge is -2.53. The zero-order valence-corrected chi connectivity index (χ0v) is 40.0. The van der Waals surface area contributed by atoms with E-state index in [9.17, 15) is 0 Å². The topological polar surface area (TPSA) is 9.72 Å². The summed E-state index contributed by atoms with van der Waals surface area (Å²) in [5, 5.41) is 0. The molecule has 6 aromatic carbocycles. The van der Waals surface area contributed by atoms with Gasteiger partial charge in [-0.25, -0.2) is 0 Å². The van der Waals surface area contributed by atoms with Crippen molar-refractivity contribution in [3.05, 3.63) is 143 Å². The van der Waals surface area contributed by atoms with Gasteiger partial charge in [-0.05, 0) is 149 Å². The van der Waals surface area contributed by atoms with Crippen molar-refractivity contribution < 1.29 is 0 Å². The van der Waals surface area contributed by atoms with Crippen LogP contribution in [0.3, 0.4) is 0 Å². The second-order valence-electron chi connectivity index (χ2n) is 23.6. The van der Waals surface area contributed by atoms with Crippen LogP contribution < -0.4 is 31.1 Å². The summed E-state index contributed by atoms with van der Waals surface area (Å²) in [5.74, 6) is 0. The molecule has 0 saturated heterocycles. The lowest BCUT2D eigenvalue weighted by Crippen LogP contribution is -2.64. The molecule has 0 N–H and O–H groups in total. The second kappa shape index (κ2) is 12.4. The first-order chi connectivity index (χ1) is 30.5. The standard InChI is InChI=1S/C60H64BN3/c1-37-33-50-53-51(34-37)64-54-43(57(7)29-13-16-32-60(57,64)10)22-18-23-46(54)61(53)45-27-26-39(63-47-28-25-38(55(2,3)4)35-44(47)58(8)30-14-15-31-59(58,63)9)36-49(45)62(50)48-24-17-20-41-40-19-11-12-21-42(40)56(5,6)52(41)48/h11-12,17-28,33-36H,13-16,29-32H2,1-10H3. The van der Waals surface area contributed by atoms with E-state index in [-0.39, 0.29) is 39.5 Å². The van der Waals surface area contributed by atoms with E-state index in [1.165, 1.54) is 141 Å². The molecule has 4 unspecified atom stereocenters. The van der Waals surface area contributed by atoms with Gasteiger partial charge in [0.1, 0.15) is 0 Å². The number of para-hydroxylation sites is 1. The number of benzene rings is 6. The average molecular weight is 838 g/mol. The first-order valence-corrected chi connectivity index (χ1v) is 24.7. The fourth-order valence-electron chi connectivity index (χ4n) is 15.4. The minimum atomic E-state index is -0.176. The van der Waals surface area contributed by atoms with Crippen LogP contribution in [0.25, 0.3) is 11.1 Å². The summed E-state index contributed by atoms with van der Waals surface area (Å²) in [6.07, 6.45) is 9.96. The van der Waals surface area contributed by atoms with Crippen LogP contribution in [0.1, 0.15) is 147 Å². The minimum absolute atomic E-state index is 0.000897. The maximum atomic E-state index is 2.88. The van der Waals surface area contributed by atoms with Crippen molar-refractivity contribution in [2.24, 2.45) is 0 Å². The maximum absolute atomic E-state index is 2.88. The van der Waals surface area contributed by atoms with Gasteiger partial charge in [-0.1, -0.05) is 147 Å². The number of anilines is 7. The van der Waals surface area contributed by atoms with Crippen LogP contribution in [0.5, 0.6) is 0 Å². The Kier molecular flexibility index (Phi) is 7.57.